The third-order valence-electron chi connectivity index (χ3n) is 3.00. The Balaban J connectivity index is 1.79. The average molecular weight is 304 g/mol. The summed E-state index contributed by atoms with van der Waals surface area (Å²) in [6, 6.07) is 13.9. The Morgan fingerprint density at radius 3 is 2.18 bits per heavy atom. The van der Waals surface area contributed by atoms with Crippen LogP contribution in [0.15, 0.2) is 67.0 Å². The van der Waals surface area contributed by atoms with E-state index in [1.807, 2.05) is 18.2 Å². The minimum Gasteiger partial charge on any atom is -0.454 e. The van der Waals surface area contributed by atoms with Gasteiger partial charge >= 0.3 is 6.18 Å². The number of nitrogens with zero attached hydrogens (tertiary/aromatic N) is 2. The van der Waals surface area contributed by atoms with Gasteiger partial charge < -0.3 is 4.74 Å². The fraction of sp³-hybridized carbons (Fsp3) is 0.0625. The standard InChI is InChI=1S/C16H11F3N2O/c17-16(18,19)12-6-8-13(9-7-12)21-11-15(10-20-21)22-14-4-2-1-3-5-14/h1-11H. The van der Waals surface area contributed by atoms with E-state index in [-0.39, 0.29) is 0 Å². The summed E-state index contributed by atoms with van der Waals surface area (Å²) < 4.78 is 44.6. The number of hydrogen-bond donors (Lipinski definition) is 0. The van der Waals surface area contributed by atoms with E-state index in [0.717, 1.165) is 12.1 Å². The molecule has 0 bridgehead atoms. The lowest BCUT2D eigenvalue weighted by Crippen LogP contribution is -2.05. The number of alkyl halides is 3. The summed E-state index contributed by atoms with van der Waals surface area (Å²) in [4.78, 5) is 0. The monoisotopic (exact) mass is 304 g/mol. The Morgan fingerprint density at radius 1 is 0.864 bits per heavy atom. The molecule has 0 radical (unpaired) electrons. The van der Waals surface area contributed by atoms with Crippen molar-refractivity contribution in [2.45, 2.75) is 6.18 Å². The predicted molar refractivity (Wildman–Crippen MR) is 75.1 cm³/mol. The molecule has 22 heavy (non-hydrogen) atoms. The maximum atomic E-state index is 12.5. The van der Waals surface area contributed by atoms with Gasteiger partial charge in [0.05, 0.1) is 23.6 Å². The van der Waals surface area contributed by atoms with Crippen LogP contribution in [0.2, 0.25) is 0 Å². The fourth-order valence-corrected chi connectivity index (χ4v) is 1.93. The zero-order chi connectivity index (χ0) is 15.6. The van der Waals surface area contributed by atoms with Crippen LogP contribution in [0.25, 0.3) is 5.69 Å². The number of benzene rings is 2. The SMILES string of the molecule is FC(F)(F)c1ccc(-n2cc(Oc3ccccc3)cn2)cc1. The van der Waals surface area contributed by atoms with Crippen molar-refractivity contribution in [2.75, 3.05) is 0 Å². The highest BCUT2D eigenvalue weighted by Crippen LogP contribution is 2.29. The summed E-state index contributed by atoms with van der Waals surface area (Å²) in [5, 5.41) is 4.08. The highest BCUT2D eigenvalue weighted by Gasteiger charge is 2.30. The van der Waals surface area contributed by atoms with Crippen molar-refractivity contribution >= 4 is 0 Å². The normalized spacial score (nSPS) is 11.4. The molecule has 0 saturated carbocycles. The molecule has 1 aromatic heterocycles. The van der Waals surface area contributed by atoms with Crippen molar-refractivity contribution in [3.05, 3.63) is 72.6 Å². The molecule has 0 atom stereocenters. The molecule has 6 heteroatoms. The summed E-state index contributed by atoms with van der Waals surface area (Å²) in [6.45, 7) is 0. The van der Waals surface area contributed by atoms with Crippen LogP contribution in [0, 0.1) is 0 Å². The Morgan fingerprint density at radius 2 is 1.55 bits per heavy atom. The fourth-order valence-electron chi connectivity index (χ4n) is 1.93. The summed E-state index contributed by atoms with van der Waals surface area (Å²) in [5.41, 5.74) is -0.167. The van der Waals surface area contributed by atoms with E-state index in [4.69, 9.17) is 4.74 Å². The molecule has 0 N–H and O–H groups in total. The van der Waals surface area contributed by atoms with Crippen molar-refractivity contribution in [3.63, 3.8) is 0 Å². The predicted octanol–water partition coefficient (Wildman–Crippen LogP) is 4.68. The molecule has 3 nitrogen and oxygen atoms in total. The van der Waals surface area contributed by atoms with E-state index >= 15 is 0 Å². The molecule has 3 rings (SSSR count). The zero-order valence-corrected chi connectivity index (χ0v) is 11.3. The van der Waals surface area contributed by atoms with Gasteiger partial charge in [-0.15, -0.1) is 0 Å². The number of ether oxygens (including phenoxy) is 1. The minimum atomic E-state index is -4.34. The molecule has 0 aliphatic rings. The lowest BCUT2D eigenvalue weighted by molar-refractivity contribution is -0.137. The lowest BCUT2D eigenvalue weighted by Gasteiger charge is -2.07. The van der Waals surface area contributed by atoms with Crippen molar-refractivity contribution in [1.29, 1.82) is 0 Å². The van der Waals surface area contributed by atoms with Crippen LogP contribution in [0.4, 0.5) is 13.2 Å². The van der Waals surface area contributed by atoms with Gasteiger partial charge in [0.15, 0.2) is 5.75 Å². The van der Waals surface area contributed by atoms with Gasteiger partial charge in [-0.2, -0.15) is 18.3 Å². The Kier molecular flexibility index (Phi) is 3.58. The van der Waals surface area contributed by atoms with Gasteiger partial charge in [-0.25, -0.2) is 4.68 Å². The summed E-state index contributed by atoms with van der Waals surface area (Å²) in [5.74, 6) is 1.17. The van der Waals surface area contributed by atoms with E-state index in [9.17, 15) is 13.2 Å². The maximum absolute atomic E-state index is 12.5. The number of hydrogen-bond acceptors (Lipinski definition) is 2. The zero-order valence-electron chi connectivity index (χ0n) is 11.3. The van der Waals surface area contributed by atoms with Crippen LogP contribution in [-0.4, -0.2) is 9.78 Å². The topological polar surface area (TPSA) is 27.1 Å². The number of para-hydroxylation sites is 1. The second kappa shape index (κ2) is 5.55. The van der Waals surface area contributed by atoms with Gasteiger partial charge in [-0.1, -0.05) is 18.2 Å². The highest BCUT2D eigenvalue weighted by molar-refractivity contribution is 5.37. The van der Waals surface area contributed by atoms with Crippen molar-refractivity contribution in [3.8, 4) is 17.2 Å². The number of aromatic nitrogens is 2. The molecular formula is C16H11F3N2O. The summed E-state index contributed by atoms with van der Waals surface area (Å²) >= 11 is 0. The molecule has 112 valence electrons. The second-order valence-electron chi connectivity index (χ2n) is 4.58. The maximum Gasteiger partial charge on any atom is 0.416 e. The molecule has 0 saturated heterocycles. The van der Waals surface area contributed by atoms with E-state index in [0.29, 0.717) is 17.2 Å². The van der Waals surface area contributed by atoms with Crippen molar-refractivity contribution < 1.29 is 17.9 Å². The van der Waals surface area contributed by atoms with Crippen LogP contribution in [0.1, 0.15) is 5.56 Å². The number of rotatable bonds is 3. The molecule has 0 aliphatic carbocycles. The molecule has 0 aliphatic heterocycles. The van der Waals surface area contributed by atoms with Gasteiger partial charge in [0.1, 0.15) is 5.75 Å². The molecule has 0 spiro atoms. The van der Waals surface area contributed by atoms with Gasteiger partial charge in [0.2, 0.25) is 0 Å². The van der Waals surface area contributed by atoms with Crippen LogP contribution in [0.5, 0.6) is 11.5 Å². The largest absolute Gasteiger partial charge is 0.454 e. The van der Waals surface area contributed by atoms with Gasteiger partial charge in [-0.3, -0.25) is 0 Å². The Labute approximate surface area is 124 Å². The first-order chi connectivity index (χ1) is 10.5. The molecule has 2 aromatic carbocycles. The minimum absolute atomic E-state index is 0.506. The molecule has 0 fully saturated rings. The average Bonchev–Trinajstić information content (AvgIpc) is 2.96. The lowest BCUT2D eigenvalue weighted by atomic mass is 10.2. The summed E-state index contributed by atoms with van der Waals surface area (Å²) in [6.07, 6.45) is -1.23. The third kappa shape index (κ3) is 3.11. The van der Waals surface area contributed by atoms with E-state index in [2.05, 4.69) is 5.10 Å². The molecule has 1 heterocycles. The quantitative estimate of drug-likeness (QED) is 0.702. The third-order valence-corrected chi connectivity index (χ3v) is 3.00. The van der Waals surface area contributed by atoms with Crippen LogP contribution in [-0.2, 0) is 6.18 Å². The van der Waals surface area contributed by atoms with E-state index in [1.165, 1.54) is 23.0 Å². The molecular weight excluding hydrogens is 293 g/mol. The first-order valence-corrected chi connectivity index (χ1v) is 6.47. The van der Waals surface area contributed by atoms with E-state index in [1.54, 1.807) is 18.3 Å². The van der Waals surface area contributed by atoms with E-state index < -0.39 is 11.7 Å². The second-order valence-corrected chi connectivity index (χ2v) is 4.58. The highest BCUT2D eigenvalue weighted by atomic mass is 19.4. The Hall–Kier alpha value is -2.76. The first-order valence-electron chi connectivity index (χ1n) is 6.47. The van der Waals surface area contributed by atoms with Crippen LogP contribution in [0.3, 0.4) is 0 Å². The van der Waals surface area contributed by atoms with Gasteiger partial charge in [-0.05, 0) is 36.4 Å². The Bertz CT molecular complexity index is 749. The smallest absolute Gasteiger partial charge is 0.416 e. The number of halogens is 3. The molecule has 0 unspecified atom stereocenters. The van der Waals surface area contributed by atoms with Crippen molar-refractivity contribution in [1.82, 2.24) is 9.78 Å². The van der Waals surface area contributed by atoms with Crippen molar-refractivity contribution in [2.24, 2.45) is 0 Å². The summed E-state index contributed by atoms with van der Waals surface area (Å²) in [7, 11) is 0. The molecule has 0 amide bonds. The molecule has 3 aromatic rings. The van der Waals surface area contributed by atoms with Gasteiger partial charge in [0.25, 0.3) is 0 Å². The van der Waals surface area contributed by atoms with Crippen LogP contribution < -0.4 is 4.74 Å². The van der Waals surface area contributed by atoms with Gasteiger partial charge in [0, 0.05) is 0 Å². The first kappa shape index (κ1) is 14.2. The van der Waals surface area contributed by atoms with Crippen LogP contribution >= 0.6 is 0 Å².